The SMILES string of the molecule is [C-]1=CC=CC1.[CH3-].[Cl-].[Cl-].[Cl][Zr+2][Cl].[Zr+3].c1ccc2[cH-]ccc2c1. The minimum Gasteiger partial charge on any atom is -0.168 e. The number of hydrogen-bond acceptors (Lipinski definition) is 0. The summed E-state index contributed by atoms with van der Waals surface area (Å²) in [4.78, 5) is 0. The third kappa shape index (κ3) is 14.6. The molecule has 0 bridgehead atoms. The normalized spacial score (nSPS) is 9.05. The van der Waals surface area contributed by atoms with Gasteiger partial charge in [0.05, 0.1) is 0 Å². The fraction of sp³-hybridized carbons (Fsp3) is 0.0667. The smallest absolute Gasteiger partial charge is 0.168 e. The fourth-order valence-corrected chi connectivity index (χ4v) is 1.41. The molecule has 2 aromatic carbocycles. The second kappa shape index (κ2) is 21.2. The van der Waals surface area contributed by atoms with E-state index in [4.69, 9.17) is 17.0 Å². The van der Waals surface area contributed by atoms with Crippen LogP contribution in [0.5, 0.6) is 0 Å². The fourth-order valence-electron chi connectivity index (χ4n) is 1.41. The molecule has 1 aliphatic rings. The number of benzene rings is 1. The Morgan fingerprint density at radius 3 is 2.14 bits per heavy atom. The molecule has 6 heteroatoms. The van der Waals surface area contributed by atoms with Crippen molar-refractivity contribution in [2.75, 3.05) is 0 Å². The van der Waals surface area contributed by atoms with Gasteiger partial charge in [-0.1, -0.05) is 6.07 Å². The van der Waals surface area contributed by atoms with Gasteiger partial charge in [0.25, 0.3) is 0 Å². The summed E-state index contributed by atoms with van der Waals surface area (Å²) in [6.45, 7) is 0. The summed E-state index contributed by atoms with van der Waals surface area (Å²) in [6.07, 6.45) is 10.0. The van der Waals surface area contributed by atoms with Crippen LogP contribution in [0.3, 0.4) is 0 Å². The Hall–Kier alpha value is 1.24. The number of halogens is 4. The van der Waals surface area contributed by atoms with Crippen LogP contribution >= 0.6 is 17.0 Å². The second-order valence-corrected chi connectivity index (χ2v) is 6.96. The molecular formula is C15H15Cl4Zr2. The van der Waals surface area contributed by atoms with Gasteiger partial charge < -0.3 is 32.2 Å². The summed E-state index contributed by atoms with van der Waals surface area (Å²) in [5, 5.41) is 2.66. The van der Waals surface area contributed by atoms with Crippen LogP contribution in [0.1, 0.15) is 6.42 Å². The monoisotopic (exact) mass is 515 g/mol. The molecule has 2 aromatic rings. The quantitative estimate of drug-likeness (QED) is 0.420. The Balaban J connectivity index is -0.000000107. The maximum absolute atomic E-state index is 4.93. The zero-order valence-corrected chi connectivity index (χ0v) is 19.4. The first-order valence-corrected chi connectivity index (χ1v) is 11.5. The van der Waals surface area contributed by atoms with Gasteiger partial charge in [-0.05, 0) is 0 Å². The van der Waals surface area contributed by atoms with Crippen LogP contribution in [0, 0.1) is 13.5 Å². The van der Waals surface area contributed by atoms with Gasteiger partial charge in [0.2, 0.25) is 0 Å². The zero-order chi connectivity index (χ0) is 12.3. The van der Waals surface area contributed by atoms with E-state index in [-0.39, 0.29) is 58.4 Å². The van der Waals surface area contributed by atoms with Crippen LogP contribution in [0.4, 0.5) is 0 Å². The number of fused-ring (bicyclic) bond motifs is 1. The van der Waals surface area contributed by atoms with Crippen molar-refractivity contribution in [1.82, 2.24) is 0 Å². The molecule has 0 aromatic heterocycles. The van der Waals surface area contributed by atoms with E-state index in [1.54, 1.807) is 0 Å². The van der Waals surface area contributed by atoms with Crippen LogP contribution in [0.25, 0.3) is 10.8 Å². The predicted octanol–water partition coefficient (Wildman–Crippen LogP) is -0.303. The van der Waals surface area contributed by atoms with Crippen LogP contribution in [-0.2, 0) is 47.1 Å². The molecule has 111 valence electrons. The van der Waals surface area contributed by atoms with Gasteiger partial charge in [-0.25, -0.2) is 12.2 Å². The Morgan fingerprint density at radius 1 is 1.10 bits per heavy atom. The molecule has 1 radical (unpaired) electrons. The first-order chi connectivity index (χ1) is 8.38. The molecule has 0 nitrogen and oxygen atoms in total. The van der Waals surface area contributed by atoms with E-state index >= 15 is 0 Å². The van der Waals surface area contributed by atoms with E-state index in [9.17, 15) is 0 Å². The minimum atomic E-state index is -0.826. The number of rotatable bonds is 0. The van der Waals surface area contributed by atoms with E-state index < -0.39 is 20.8 Å². The Kier molecular flexibility index (Phi) is 30.5. The Morgan fingerprint density at radius 2 is 1.71 bits per heavy atom. The summed E-state index contributed by atoms with van der Waals surface area (Å²) >= 11 is -0.826. The van der Waals surface area contributed by atoms with Gasteiger partial charge in [0.1, 0.15) is 0 Å². The van der Waals surface area contributed by atoms with Crippen molar-refractivity contribution in [3.63, 3.8) is 0 Å². The molecule has 3 rings (SSSR count). The molecule has 0 unspecified atom stereocenters. The summed E-state index contributed by atoms with van der Waals surface area (Å²) < 4.78 is 0. The average molecular weight is 520 g/mol. The van der Waals surface area contributed by atoms with Crippen molar-refractivity contribution in [3.05, 3.63) is 74.2 Å². The van der Waals surface area contributed by atoms with E-state index in [0.29, 0.717) is 0 Å². The molecule has 1 aliphatic carbocycles. The summed E-state index contributed by atoms with van der Waals surface area (Å²) in [5.41, 5.74) is 0. The van der Waals surface area contributed by atoms with E-state index in [1.165, 1.54) is 10.8 Å². The molecule has 0 N–H and O–H groups in total. The minimum absolute atomic E-state index is 0. The molecular weight excluding hydrogens is 504 g/mol. The number of allylic oxidation sites excluding steroid dienone is 4. The molecule has 0 heterocycles. The molecule has 0 atom stereocenters. The molecule has 0 saturated heterocycles. The van der Waals surface area contributed by atoms with Gasteiger partial charge in [0.15, 0.2) is 0 Å². The molecule has 21 heavy (non-hydrogen) atoms. The molecule has 0 saturated carbocycles. The summed E-state index contributed by atoms with van der Waals surface area (Å²) in [7, 11) is 9.87. The third-order valence-corrected chi connectivity index (χ3v) is 2.13. The van der Waals surface area contributed by atoms with Crippen molar-refractivity contribution < 1.29 is 71.9 Å². The van der Waals surface area contributed by atoms with Gasteiger partial charge in [-0.3, -0.25) is 6.08 Å². The molecule has 0 aliphatic heterocycles. The van der Waals surface area contributed by atoms with Gasteiger partial charge in [0, 0.05) is 0 Å². The summed E-state index contributed by atoms with van der Waals surface area (Å²) in [5.74, 6) is 0. The largest absolute Gasteiger partial charge is 3.00 e. The van der Waals surface area contributed by atoms with Crippen LogP contribution in [0.15, 0.2) is 60.7 Å². The van der Waals surface area contributed by atoms with Gasteiger partial charge >= 0.3 is 64.1 Å². The molecule has 0 spiro atoms. The van der Waals surface area contributed by atoms with Crippen molar-refractivity contribution in [2.24, 2.45) is 0 Å². The Bertz CT molecular complexity index is 441. The van der Waals surface area contributed by atoms with Crippen molar-refractivity contribution in [1.29, 1.82) is 0 Å². The summed E-state index contributed by atoms with van der Waals surface area (Å²) in [6, 6.07) is 14.7. The molecule has 0 fully saturated rings. The maximum atomic E-state index is 4.93. The van der Waals surface area contributed by atoms with Crippen LogP contribution in [0.2, 0.25) is 0 Å². The van der Waals surface area contributed by atoms with E-state index in [1.807, 2.05) is 12.2 Å². The second-order valence-electron chi connectivity index (χ2n) is 3.23. The topological polar surface area (TPSA) is 0 Å². The standard InChI is InChI=1S/C9H7.C5H5.CH3.4ClH.2Zr/c1-2-5-9-7-3-6-8(9)4-1;1-2-4-5-3-1;;;;;;;/h1-7H;1-3H,4H2;1H3;4*1H;;/q3*-1;;;;;+3;+4/p-4. The first kappa shape index (κ1) is 30.2. The van der Waals surface area contributed by atoms with Crippen molar-refractivity contribution >= 4 is 27.8 Å². The van der Waals surface area contributed by atoms with Gasteiger partial charge in [-0.2, -0.15) is 23.6 Å². The van der Waals surface area contributed by atoms with Gasteiger partial charge in [-0.15, -0.1) is 36.1 Å². The molecule has 0 amide bonds. The maximum Gasteiger partial charge on any atom is 3.00 e. The van der Waals surface area contributed by atoms with Crippen molar-refractivity contribution in [2.45, 2.75) is 6.42 Å². The van der Waals surface area contributed by atoms with Crippen LogP contribution < -0.4 is 24.8 Å². The van der Waals surface area contributed by atoms with E-state index in [2.05, 4.69) is 54.6 Å². The van der Waals surface area contributed by atoms with E-state index in [0.717, 1.165) is 6.42 Å². The first-order valence-electron chi connectivity index (χ1n) is 5.17. The van der Waals surface area contributed by atoms with Crippen molar-refractivity contribution in [3.8, 4) is 0 Å². The predicted molar refractivity (Wildman–Crippen MR) is 79.2 cm³/mol. The Labute approximate surface area is 178 Å². The zero-order valence-electron chi connectivity index (χ0n) is 11.5. The average Bonchev–Trinajstić information content (AvgIpc) is 3.05. The van der Waals surface area contributed by atoms with Crippen LogP contribution in [-0.4, -0.2) is 0 Å². The number of hydrogen-bond donors (Lipinski definition) is 0. The third-order valence-electron chi connectivity index (χ3n) is 2.13.